The zero-order valence-electron chi connectivity index (χ0n) is 12.5. The Morgan fingerprint density at radius 1 is 1.24 bits per heavy atom. The maximum absolute atomic E-state index is 12.5. The lowest BCUT2D eigenvalue weighted by atomic mass is 10.1. The van der Waals surface area contributed by atoms with Crippen LogP contribution in [0, 0.1) is 17.8 Å². The van der Waals surface area contributed by atoms with E-state index in [4.69, 9.17) is 4.74 Å². The van der Waals surface area contributed by atoms with Gasteiger partial charge in [0.15, 0.2) is 0 Å². The van der Waals surface area contributed by atoms with Crippen molar-refractivity contribution in [3.8, 4) is 5.75 Å². The van der Waals surface area contributed by atoms with Gasteiger partial charge in [0.2, 0.25) is 5.91 Å². The highest BCUT2D eigenvalue weighted by Gasteiger charge is 2.48. The van der Waals surface area contributed by atoms with Crippen LogP contribution in [0.5, 0.6) is 5.75 Å². The Labute approximate surface area is 126 Å². The Kier molecular flexibility index (Phi) is 3.16. The van der Waals surface area contributed by atoms with Gasteiger partial charge in [-0.3, -0.25) is 4.79 Å². The Hall–Kier alpha value is -1.51. The summed E-state index contributed by atoms with van der Waals surface area (Å²) in [7, 11) is 1.69. The fourth-order valence-corrected chi connectivity index (χ4v) is 3.53. The van der Waals surface area contributed by atoms with E-state index in [1.165, 1.54) is 31.2 Å². The van der Waals surface area contributed by atoms with Crippen molar-refractivity contribution in [2.45, 2.75) is 44.1 Å². The lowest BCUT2D eigenvalue weighted by Crippen LogP contribution is -2.39. The van der Waals surface area contributed by atoms with Crippen LogP contribution in [0.4, 0.5) is 0 Å². The van der Waals surface area contributed by atoms with Crippen molar-refractivity contribution in [3.63, 3.8) is 0 Å². The van der Waals surface area contributed by atoms with E-state index in [0.29, 0.717) is 12.0 Å². The van der Waals surface area contributed by atoms with E-state index >= 15 is 0 Å². The van der Waals surface area contributed by atoms with Crippen molar-refractivity contribution in [1.29, 1.82) is 0 Å². The van der Waals surface area contributed by atoms with Gasteiger partial charge in [-0.25, -0.2) is 0 Å². The number of benzene rings is 1. The van der Waals surface area contributed by atoms with E-state index in [1.54, 1.807) is 7.11 Å². The third-order valence-corrected chi connectivity index (χ3v) is 5.22. The lowest BCUT2D eigenvalue weighted by Gasteiger charge is -2.17. The molecule has 0 aliphatic heterocycles. The average molecular weight is 285 g/mol. The molecule has 0 radical (unpaired) electrons. The topological polar surface area (TPSA) is 38.3 Å². The summed E-state index contributed by atoms with van der Waals surface area (Å²) in [6.45, 7) is 0. The first kappa shape index (κ1) is 13.2. The van der Waals surface area contributed by atoms with Crippen molar-refractivity contribution in [2.24, 2.45) is 17.8 Å². The zero-order chi connectivity index (χ0) is 14.4. The third-order valence-electron chi connectivity index (χ3n) is 5.22. The minimum atomic E-state index is 0.178. The van der Waals surface area contributed by atoms with Crippen molar-refractivity contribution < 1.29 is 9.53 Å². The smallest absolute Gasteiger partial charge is 0.223 e. The highest BCUT2D eigenvalue weighted by atomic mass is 16.5. The summed E-state index contributed by atoms with van der Waals surface area (Å²) in [6, 6.07) is 8.62. The molecule has 0 bridgehead atoms. The number of methoxy groups -OCH3 is 1. The zero-order valence-corrected chi connectivity index (χ0v) is 12.5. The Balaban J connectivity index is 1.38. The van der Waals surface area contributed by atoms with Crippen LogP contribution < -0.4 is 10.1 Å². The summed E-state index contributed by atoms with van der Waals surface area (Å²) in [5.41, 5.74) is 1.24. The SMILES string of the molecule is COc1cccc(C2CC2C(=O)NC(C2CC2)C2CC2)c1. The van der Waals surface area contributed by atoms with Crippen LogP contribution in [-0.2, 0) is 4.79 Å². The van der Waals surface area contributed by atoms with Crippen LogP contribution in [0.25, 0.3) is 0 Å². The Morgan fingerprint density at radius 2 is 1.95 bits per heavy atom. The fourth-order valence-electron chi connectivity index (χ4n) is 3.53. The first-order chi connectivity index (χ1) is 10.3. The molecule has 3 aliphatic carbocycles. The number of ether oxygens (including phenoxy) is 1. The molecule has 3 saturated carbocycles. The van der Waals surface area contributed by atoms with Crippen LogP contribution in [0.3, 0.4) is 0 Å². The first-order valence-corrected chi connectivity index (χ1v) is 8.20. The molecule has 3 fully saturated rings. The molecule has 21 heavy (non-hydrogen) atoms. The molecule has 2 unspecified atom stereocenters. The summed E-state index contributed by atoms with van der Waals surface area (Å²) < 4.78 is 5.27. The summed E-state index contributed by atoms with van der Waals surface area (Å²) >= 11 is 0. The largest absolute Gasteiger partial charge is 0.497 e. The second kappa shape index (κ2) is 5.04. The molecule has 1 aromatic carbocycles. The molecule has 0 heterocycles. The van der Waals surface area contributed by atoms with Crippen molar-refractivity contribution in [2.75, 3.05) is 7.11 Å². The molecule has 2 atom stereocenters. The molecule has 4 rings (SSSR count). The molecule has 3 aliphatic rings. The molecular weight excluding hydrogens is 262 g/mol. The molecular formula is C18H23NO2. The number of hydrogen-bond donors (Lipinski definition) is 1. The summed E-state index contributed by atoms with van der Waals surface area (Å²) in [5, 5.41) is 3.36. The number of nitrogens with one attached hydrogen (secondary N) is 1. The summed E-state index contributed by atoms with van der Waals surface area (Å²) in [4.78, 5) is 12.5. The van der Waals surface area contributed by atoms with Crippen LogP contribution in [-0.4, -0.2) is 19.1 Å². The van der Waals surface area contributed by atoms with Gasteiger partial charge in [0.25, 0.3) is 0 Å². The van der Waals surface area contributed by atoms with E-state index in [1.807, 2.05) is 12.1 Å². The highest BCUT2D eigenvalue weighted by molar-refractivity contribution is 5.83. The second-order valence-electron chi connectivity index (χ2n) is 6.93. The molecule has 3 heteroatoms. The van der Waals surface area contributed by atoms with E-state index in [0.717, 1.165) is 24.0 Å². The van der Waals surface area contributed by atoms with Gasteiger partial charge in [-0.2, -0.15) is 0 Å². The lowest BCUT2D eigenvalue weighted by molar-refractivity contribution is -0.123. The van der Waals surface area contributed by atoms with Crippen molar-refractivity contribution >= 4 is 5.91 Å². The average Bonchev–Trinajstić information content (AvgIpc) is 3.40. The first-order valence-electron chi connectivity index (χ1n) is 8.20. The minimum Gasteiger partial charge on any atom is -0.497 e. The molecule has 1 N–H and O–H groups in total. The van der Waals surface area contributed by atoms with E-state index in [2.05, 4.69) is 17.4 Å². The van der Waals surface area contributed by atoms with Crippen LogP contribution in [0.15, 0.2) is 24.3 Å². The summed E-state index contributed by atoms with van der Waals surface area (Å²) in [6.07, 6.45) is 6.23. The molecule has 1 amide bonds. The Morgan fingerprint density at radius 3 is 2.57 bits per heavy atom. The van der Waals surface area contributed by atoms with Gasteiger partial charge in [0.1, 0.15) is 5.75 Å². The number of carbonyl (C=O) groups is 1. The molecule has 112 valence electrons. The maximum atomic E-state index is 12.5. The van der Waals surface area contributed by atoms with E-state index < -0.39 is 0 Å². The van der Waals surface area contributed by atoms with E-state index in [9.17, 15) is 4.79 Å². The monoisotopic (exact) mass is 285 g/mol. The molecule has 0 spiro atoms. The van der Waals surface area contributed by atoms with Gasteiger partial charge in [-0.05, 0) is 67.6 Å². The van der Waals surface area contributed by atoms with Gasteiger partial charge >= 0.3 is 0 Å². The van der Waals surface area contributed by atoms with Crippen molar-refractivity contribution in [1.82, 2.24) is 5.32 Å². The van der Waals surface area contributed by atoms with Gasteiger partial charge in [-0.15, -0.1) is 0 Å². The number of carbonyl (C=O) groups excluding carboxylic acids is 1. The van der Waals surface area contributed by atoms with Crippen LogP contribution >= 0.6 is 0 Å². The quantitative estimate of drug-likeness (QED) is 0.872. The molecule has 0 saturated heterocycles. The predicted octanol–water partition coefficient (Wildman–Crippen LogP) is 3.10. The van der Waals surface area contributed by atoms with Crippen LogP contribution in [0.2, 0.25) is 0 Å². The summed E-state index contributed by atoms with van der Waals surface area (Å²) in [5.74, 6) is 3.28. The fraction of sp³-hybridized carbons (Fsp3) is 0.611. The third kappa shape index (κ3) is 2.78. The molecule has 3 nitrogen and oxygen atoms in total. The van der Waals surface area contributed by atoms with Gasteiger partial charge in [0, 0.05) is 12.0 Å². The second-order valence-corrected chi connectivity index (χ2v) is 6.93. The number of rotatable bonds is 6. The van der Waals surface area contributed by atoms with Gasteiger partial charge in [-0.1, -0.05) is 12.1 Å². The maximum Gasteiger partial charge on any atom is 0.223 e. The van der Waals surface area contributed by atoms with Crippen LogP contribution in [0.1, 0.15) is 43.6 Å². The van der Waals surface area contributed by atoms with E-state index in [-0.39, 0.29) is 11.8 Å². The van der Waals surface area contributed by atoms with Gasteiger partial charge < -0.3 is 10.1 Å². The predicted molar refractivity (Wildman–Crippen MR) is 81.2 cm³/mol. The highest BCUT2D eigenvalue weighted by Crippen LogP contribution is 2.49. The normalized spacial score (nSPS) is 27.5. The minimum absolute atomic E-state index is 0.178. The molecule has 0 aromatic heterocycles. The van der Waals surface area contributed by atoms with Gasteiger partial charge in [0.05, 0.1) is 7.11 Å². The number of amides is 1. The standard InChI is InChI=1S/C18H23NO2/c1-21-14-4-2-3-13(9-14)15-10-16(15)18(20)19-17(11-5-6-11)12-7-8-12/h2-4,9,11-12,15-17H,5-8,10H2,1H3,(H,19,20). The molecule has 1 aromatic rings. The Bertz CT molecular complexity index is 536. The van der Waals surface area contributed by atoms with Crippen molar-refractivity contribution in [3.05, 3.63) is 29.8 Å². The number of hydrogen-bond acceptors (Lipinski definition) is 2.